The molecule has 0 N–H and O–H groups in total. The maximum Gasteiger partial charge on any atom is 0.141 e. The van der Waals surface area contributed by atoms with E-state index in [9.17, 15) is 0 Å². The van der Waals surface area contributed by atoms with Crippen LogP contribution in [0.15, 0.2) is 6.20 Å². The van der Waals surface area contributed by atoms with Gasteiger partial charge in [0.15, 0.2) is 0 Å². The summed E-state index contributed by atoms with van der Waals surface area (Å²) in [6, 6.07) is 0. The highest BCUT2D eigenvalue weighted by atomic mass is 127. The molecule has 0 radical (unpaired) electrons. The summed E-state index contributed by atoms with van der Waals surface area (Å²) in [6.45, 7) is 3.22. The molecule has 0 saturated heterocycles. The summed E-state index contributed by atoms with van der Waals surface area (Å²) in [5.41, 5.74) is 0. The predicted molar refractivity (Wildman–Crippen MR) is 68.7 cm³/mol. The van der Waals surface area contributed by atoms with Gasteiger partial charge in [0.25, 0.3) is 0 Å². The van der Waals surface area contributed by atoms with Crippen LogP contribution in [-0.4, -0.2) is 9.78 Å². The van der Waals surface area contributed by atoms with Crippen molar-refractivity contribution in [2.75, 3.05) is 0 Å². The maximum atomic E-state index is 5.90. The quantitative estimate of drug-likeness (QED) is 0.568. The lowest BCUT2D eigenvalue weighted by atomic mass is 10.1. The average Bonchev–Trinajstić information content (AvgIpc) is 2.46. The maximum absolute atomic E-state index is 5.90. The molecule has 0 bridgehead atoms. The van der Waals surface area contributed by atoms with Crippen molar-refractivity contribution < 1.29 is 0 Å². The van der Waals surface area contributed by atoms with Crippen molar-refractivity contribution in [3.05, 3.63) is 14.9 Å². The normalized spacial score (nSPS) is 10.8. The summed E-state index contributed by atoms with van der Waals surface area (Å²) in [6.07, 6.45) is 8.38. The molecule has 14 heavy (non-hydrogen) atoms. The summed E-state index contributed by atoms with van der Waals surface area (Å²) in [4.78, 5) is 0. The van der Waals surface area contributed by atoms with Gasteiger partial charge in [0, 0.05) is 12.7 Å². The first kappa shape index (κ1) is 12.3. The fourth-order valence-corrected chi connectivity index (χ4v) is 1.93. The molecule has 1 heterocycles. The van der Waals surface area contributed by atoms with Crippen molar-refractivity contribution in [1.82, 2.24) is 9.78 Å². The van der Waals surface area contributed by atoms with Crippen molar-refractivity contribution in [3.8, 4) is 0 Å². The van der Waals surface area contributed by atoms with Gasteiger partial charge in [0.05, 0.1) is 5.02 Å². The zero-order valence-electron chi connectivity index (χ0n) is 8.47. The Morgan fingerprint density at radius 2 is 2.07 bits per heavy atom. The van der Waals surface area contributed by atoms with Gasteiger partial charge >= 0.3 is 0 Å². The third kappa shape index (κ3) is 4.17. The third-order valence-electron chi connectivity index (χ3n) is 2.17. The van der Waals surface area contributed by atoms with Gasteiger partial charge in [-0.2, -0.15) is 5.10 Å². The van der Waals surface area contributed by atoms with Crippen LogP contribution in [0.3, 0.4) is 0 Å². The zero-order chi connectivity index (χ0) is 10.4. The number of halogens is 2. The molecule has 0 atom stereocenters. The van der Waals surface area contributed by atoms with E-state index in [4.69, 9.17) is 11.6 Å². The number of hydrogen-bond donors (Lipinski definition) is 0. The monoisotopic (exact) mass is 326 g/mol. The van der Waals surface area contributed by atoms with Gasteiger partial charge < -0.3 is 0 Å². The molecule has 2 nitrogen and oxygen atoms in total. The number of hydrogen-bond acceptors (Lipinski definition) is 1. The van der Waals surface area contributed by atoms with Crippen LogP contribution in [0.4, 0.5) is 0 Å². The SMILES string of the molecule is CCCCCCCn1cc(Cl)c(I)n1. The Kier molecular flexibility index (Phi) is 5.86. The second-order valence-electron chi connectivity index (χ2n) is 3.45. The molecule has 0 aliphatic carbocycles. The van der Waals surface area contributed by atoms with Crippen LogP contribution in [0.2, 0.25) is 5.02 Å². The summed E-state index contributed by atoms with van der Waals surface area (Å²) < 4.78 is 2.84. The Morgan fingerprint density at radius 1 is 1.36 bits per heavy atom. The Bertz CT molecular complexity index is 254. The van der Waals surface area contributed by atoms with Crippen LogP contribution in [0, 0.1) is 3.70 Å². The summed E-state index contributed by atoms with van der Waals surface area (Å²) in [5, 5.41) is 5.06. The highest BCUT2D eigenvalue weighted by molar-refractivity contribution is 14.1. The van der Waals surface area contributed by atoms with Gasteiger partial charge in [-0.15, -0.1) is 0 Å². The van der Waals surface area contributed by atoms with Gasteiger partial charge in [0.2, 0.25) is 0 Å². The topological polar surface area (TPSA) is 17.8 Å². The van der Waals surface area contributed by atoms with Crippen molar-refractivity contribution in [1.29, 1.82) is 0 Å². The Hall–Kier alpha value is 0.230. The lowest BCUT2D eigenvalue weighted by Gasteiger charge is -2.00. The summed E-state index contributed by atoms with van der Waals surface area (Å²) >= 11 is 8.06. The molecule has 4 heteroatoms. The molecule has 1 aromatic heterocycles. The van der Waals surface area contributed by atoms with E-state index in [1.165, 1.54) is 32.1 Å². The fourth-order valence-electron chi connectivity index (χ4n) is 1.37. The molecule has 80 valence electrons. The second kappa shape index (κ2) is 6.67. The van der Waals surface area contributed by atoms with Crippen molar-refractivity contribution in [3.63, 3.8) is 0 Å². The standard InChI is InChI=1S/C10H16ClIN2/c1-2-3-4-5-6-7-14-8-9(11)10(12)13-14/h8H,2-7H2,1H3. The lowest BCUT2D eigenvalue weighted by Crippen LogP contribution is -1.98. The lowest BCUT2D eigenvalue weighted by molar-refractivity contribution is 0.531. The van der Waals surface area contributed by atoms with Crippen LogP contribution in [0.5, 0.6) is 0 Å². The molecule has 0 aromatic carbocycles. The van der Waals surface area contributed by atoms with E-state index >= 15 is 0 Å². The predicted octanol–water partition coefficient (Wildman–Crippen LogP) is 4.11. The van der Waals surface area contributed by atoms with E-state index < -0.39 is 0 Å². The minimum Gasteiger partial charge on any atom is -0.270 e. The zero-order valence-corrected chi connectivity index (χ0v) is 11.4. The Morgan fingerprint density at radius 3 is 2.64 bits per heavy atom. The van der Waals surface area contributed by atoms with Gasteiger partial charge in [-0.05, 0) is 29.0 Å². The number of nitrogens with zero attached hydrogens (tertiary/aromatic N) is 2. The fraction of sp³-hybridized carbons (Fsp3) is 0.700. The van der Waals surface area contributed by atoms with Crippen molar-refractivity contribution in [2.24, 2.45) is 0 Å². The first-order chi connectivity index (χ1) is 6.74. The highest BCUT2D eigenvalue weighted by Crippen LogP contribution is 2.16. The molecule has 0 amide bonds. The van der Waals surface area contributed by atoms with Gasteiger partial charge in [-0.3, -0.25) is 4.68 Å². The van der Waals surface area contributed by atoms with E-state index in [0.717, 1.165) is 15.3 Å². The molecule has 0 aliphatic rings. The first-order valence-electron chi connectivity index (χ1n) is 5.12. The molecule has 0 spiro atoms. The second-order valence-corrected chi connectivity index (χ2v) is 4.87. The van der Waals surface area contributed by atoms with Gasteiger partial charge in [-0.25, -0.2) is 0 Å². The third-order valence-corrected chi connectivity index (χ3v) is 3.56. The minimum atomic E-state index is 0.763. The van der Waals surface area contributed by atoms with Crippen molar-refractivity contribution >= 4 is 34.2 Å². The van der Waals surface area contributed by atoms with Crippen LogP contribution < -0.4 is 0 Å². The van der Waals surface area contributed by atoms with Gasteiger partial charge in [0.1, 0.15) is 3.70 Å². The molecule has 1 aromatic rings. The van der Waals surface area contributed by atoms with Crippen LogP contribution >= 0.6 is 34.2 Å². The molecular weight excluding hydrogens is 310 g/mol. The van der Waals surface area contributed by atoms with Crippen molar-refractivity contribution in [2.45, 2.75) is 45.6 Å². The van der Waals surface area contributed by atoms with Crippen LogP contribution in [0.1, 0.15) is 39.0 Å². The molecule has 1 rings (SSSR count). The smallest absolute Gasteiger partial charge is 0.141 e. The van der Waals surface area contributed by atoms with E-state index in [2.05, 4.69) is 34.6 Å². The van der Waals surface area contributed by atoms with E-state index in [1.807, 2.05) is 10.9 Å². The minimum absolute atomic E-state index is 0.763. The van der Waals surface area contributed by atoms with E-state index in [0.29, 0.717) is 0 Å². The number of aryl methyl sites for hydroxylation is 1. The molecule has 0 aliphatic heterocycles. The van der Waals surface area contributed by atoms with Gasteiger partial charge in [-0.1, -0.05) is 44.2 Å². The number of rotatable bonds is 6. The average molecular weight is 327 g/mol. The summed E-state index contributed by atoms with van der Waals surface area (Å²) in [5.74, 6) is 0. The largest absolute Gasteiger partial charge is 0.270 e. The highest BCUT2D eigenvalue weighted by Gasteiger charge is 2.02. The molecule has 0 unspecified atom stereocenters. The molecule has 0 fully saturated rings. The summed E-state index contributed by atoms with van der Waals surface area (Å²) in [7, 11) is 0. The van der Waals surface area contributed by atoms with Crippen LogP contribution in [0.25, 0.3) is 0 Å². The van der Waals surface area contributed by atoms with Crippen LogP contribution in [-0.2, 0) is 6.54 Å². The number of aromatic nitrogens is 2. The number of unbranched alkanes of at least 4 members (excludes halogenated alkanes) is 4. The Labute approximate surface area is 104 Å². The first-order valence-corrected chi connectivity index (χ1v) is 6.58. The van der Waals surface area contributed by atoms with E-state index in [1.54, 1.807) is 0 Å². The molecule has 0 saturated carbocycles. The Balaban J connectivity index is 2.18. The van der Waals surface area contributed by atoms with E-state index in [-0.39, 0.29) is 0 Å². The molecular formula is C10H16ClIN2.